The molecule has 19 nitrogen and oxygen atoms in total. The van der Waals surface area contributed by atoms with Crippen molar-refractivity contribution in [1.82, 2.24) is 20.4 Å². The summed E-state index contributed by atoms with van der Waals surface area (Å²) in [6.45, 7) is 19.1. The molecule has 4 aliphatic rings. The summed E-state index contributed by atoms with van der Waals surface area (Å²) < 4.78 is 56.6. The van der Waals surface area contributed by atoms with E-state index in [-0.39, 0.29) is 62.2 Å². The van der Waals surface area contributed by atoms with Gasteiger partial charge in [0.05, 0.1) is 35.9 Å². The van der Waals surface area contributed by atoms with Crippen molar-refractivity contribution in [1.29, 1.82) is 0 Å². The first-order chi connectivity index (χ1) is 32.8. The molecule has 1 aromatic rings. The quantitative estimate of drug-likeness (QED) is 0.110. The van der Waals surface area contributed by atoms with E-state index in [1.807, 2.05) is 95.9 Å². The molecule has 18 atom stereocenters. The topological polar surface area (TPSA) is 222 Å². The number of likely N-dealkylation sites (N-methyl/N-ethyl adjacent to an activating group) is 2. The molecule has 19 heteroatoms. The number of ether oxygens (including phenoxy) is 9. The van der Waals surface area contributed by atoms with Crippen LogP contribution in [-0.2, 0) is 58.8 Å². The number of alkyl carbamates (subject to hydrolysis) is 1. The predicted octanol–water partition coefficient (Wildman–Crippen LogP) is 4.91. The Balaban J connectivity index is 1.42. The summed E-state index contributed by atoms with van der Waals surface area (Å²) in [5.74, 6) is -2.86. The largest absolute Gasteiger partial charge is 0.509 e. The fourth-order valence-corrected chi connectivity index (χ4v) is 11.0. The molecule has 70 heavy (non-hydrogen) atoms. The first-order valence-corrected chi connectivity index (χ1v) is 25.1. The van der Waals surface area contributed by atoms with Crippen molar-refractivity contribution in [2.24, 2.45) is 17.8 Å². The zero-order valence-electron chi connectivity index (χ0n) is 44.0. The molecule has 1 aromatic carbocycles. The van der Waals surface area contributed by atoms with Gasteiger partial charge in [0.25, 0.3) is 0 Å². The van der Waals surface area contributed by atoms with Crippen LogP contribution in [0.1, 0.15) is 113 Å². The monoisotopic (exact) mass is 993 g/mol. The fourth-order valence-electron chi connectivity index (χ4n) is 11.0. The smallest absolute Gasteiger partial charge is 0.458 e. The maximum absolute atomic E-state index is 14.7. The average molecular weight is 993 g/mol. The third kappa shape index (κ3) is 13.9. The lowest BCUT2D eigenvalue weighted by Gasteiger charge is -2.49. The van der Waals surface area contributed by atoms with E-state index >= 15 is 0 Å². The van der Waals surface area contributed by atoms with Crippen LogP contribution in [-0.4, -0.2) is 176 Å². The molecular formula is C51H84N4O15. The summed E-state index contributed by atoms with van der Waals surface area (Å²) in [6, 6.07) is 8.88. The Kier molecular flexibility index (Phi) is 19.9. The van der Waals surface area contributed by atoms with Gasteiger partial charge in [-0.15, -0.1) is 0 Å². The fraction of sp³-hybridized carbons (Fsp3) is 0.804. The Labute approximate surface area is 415 Å². The van der Waals surface area contributed by atoms with E-state index in [2.05, 4.69) is 10.6 Å². The average Bonchev–Trinajstić information content (AvgIpc) is 3.61. The predicted molar refractivity (Wildman–Crippen MR) is 257 cm³/mol. The molecule has 0 aromatic heterocycles. The highest BCUT2D eigenvalue weighted by atomic mass is 16.8. The summed E-state index contributed by atoms with van der Waals surface area (Å²) in [7, 11) is 7.17. The summed E-state index contributed by atoms with van der Waals surface area (Å²) >= 11 is 0. The van der Waals surface area contributed by atoms with Gasteiger partial charge in [-0.25, -0.2) is 9.59 Å². The van der Waals surface area contributed by atoms with E-state index in [0.717, 1.165) is 5.56 Å². The van der Waals surface area contributed by atoms with Crippen LogP contribution < -0.4 is 10.6 Å². The number of carbonyl (C=O) groups excluding carboxylic acids is 4. The van der Waals surface area contributed by atoms with Gasteiger partial charge in [-0.2, -0.15) is 0 Å². The van der Waals surface area contributed by atoms with Gasteiger partial charge in [-0.05, 0) is 107 Å². The van der Waals surface area contributed by atoms with E-state index in [1.165, 1.54) is 7.11 Å². The van der Waals surface area contributed by atoms with Gasteiger partial charge in [0.1, 0.15) is 17.8 Å². The summed E-state index contributed by atoms with van der Waals surface area (Å²) in [6.07, 6.45) is -9.14. The number of nitrogens with zero attached hydrogens (tertiary/aromatic N) is 2. The highest BCUT2D eigenvalue weighted by Gasteiger charge is 2.58. The van der Waals surface area contributed by atoms with Crippen LogP contribution >= 0.6 is 0 Å². The Hall–Kier alpha value is -3.66. The number of carbonyl (C=O) groups is 4. The third-order valence-electron chi connectivity index (χ3n) is 15.0. The number of rotatable bonds is 14. The van der Waals surface area contributed by atoms with E-state index in [0.29, 0.717) is 25.9 Å². The van der Waals surface area contributed by atoms with Gasteiger partial charge in [0, 0.05) is 57.6 Å². The maximum atomic E-state index is 14.7. The van der Waals surface area contributed by atoms with Crippen LogP contribution in [0.25, 0.3) is 0 Å². The molecule has 398 valence electrons. The minimum absolute atomic E-state index is 0.0403. The molecular weight excluding hydrogens is 909 g/mol. The lowest BCUT2D eigenvalue weighted by Crippen LogP contribution is -2.61. The first kappa shape index (κ1) is 57.2. The number of nitrogens with one attached hydrogen (secondary N) is 2. The molecule has 0 unspecified atom stereocenters. The van der Waals surface area contributed by atoms with E-state index < -0.39 is 102 Å². The Morgan fingerprint density at radius 3 is 2.27 bits per heavy atom. The molecule has 0 radical (unpaired) electrons. The number of aliphatic hydroxyl groups is 2. The minimum Gasteiger partial charge on any atom is -0.458 e. The number of cyclic esters (lactones) is 1. The molecule has 4 saturated heterocycles. The van der Waals surface area contributed by atoms with Crippen LogP contribution in [0.3, 0.4) is 0 Å². The zero-order valence-corrected chi connectivity index (χ0v) is 44.0. The Morgan fingerprint density at radius 1 is 0.943 bits per heavy atom. The van der Waals surface area contributed by atoms with Crippen molar-refractivity contribution in [2.75, 3.05) is 41.3 Å². The standard InChI is InChI=1S/C51H84N4O15/c1-15-37-51(10)43(69-48(60)70-51)33(6)55(13)28-29(2)25-49(8,61)42(67-46-40(57)36(54(11)12)24-30(3)63-46)31(4)41(32(5)45(58)65-37)66-39-26-50(9,62-14)44(34(7)64-39)68-47(59)52-23-19-22-38(56)53-27-35-20-17-16-18-21-35/h16-18,20-21,29-34,36-37,39-44,46,57,61H,15,19,22-28H2,1-14H3,(H,52,59)(H,53,56)/t29-,30-,31+,32-,33-,34+,36+,37-,39+,40-,41-,42-,43-,44+,46+,49+,50-,51-/m1/s1. The molecule has 4 heterocycles. The van der Waals surface area contributed by atoms with Crippen LogP contribution in [0.4, 0.5) is 9.59 Å². The second-order valence-corrected chi connectivity index (χ2v) is 21.2. The third-order valence-corrected chi connectivity index (χ3v) is 15.0. The summed E-state index contributed by atoms with van der Waals surface area (Å²) in [5, 5.41) is 30.2. The second kappa shape index (κ2) is 24.4. The molecule has 4 aliphatic heterocycles. The second-order valence-electron chi connectivity index (χ2n) is 21.2. The molecule has 0 spiro atoms. The van der Waals surface area contributed by atoms with Gasteiger partial charge in [-0.1, -0.05) is 51.1 Å². The number of benzene rings is 1. The number of hydrogen-bond donors (Lipinski definition) is 4. The van der Waals surface area contributed by atoms with Crippen LogP contribution in [0.15, 0.2) is 30.3 Å². The zero-order chi connectivity index (χ0) is 51.9. The van der Waals surface area contributed by atoms with E-state index in [4.69, 9.17) is 42.6 Å². The lowest BCUT2D eigenvalue weighted by molar-refractivity contribution is -0.317. The van der Waals surface area contributed by atoms with Gasteiger partial charge in [-0.3, -0.25) is 14.5 Å². The molecule has 2 amide bonds. The van der Waals surface area contributed by atoms with Gasteiger partial charge >= 0.3 is 18.2 Å². The minimum atomic E-state index is -1.62. The number of methoxy groups -OCH3 is 1. The van der Waals surface area contributed by atoms with Gasteiger partial charge in [0.2, 0.25) is 5.91 Å². The Morgan fingerprint density at radius 2 is 1.63 bits per heavy atom. The number of esters is 1. The van der Waals surface area contributed by atoms with E-state index in [9.17, 15) is 29.4 Å². The summed E-state index contributed by atoms with van der Waals surface area (Å²) in [5.41, 5.74) is -3.15. The number of fused-ring (bicyclic) bond motifs is 1. The molecule has 0 bridgehead atoms. The van der Waals surface area contributed by atoms with Crippen molar-refractivity contribution in [3.8, 4) is 0 Å². The van der Waals surface area contributed by atoms with Crippen LogP contribution in [0, 0.1) is 17.8 Å². The van der Waals surface area contributed by atoms with Crippen LogP contribution in [0.5, 0.6) is 0 Å². The number of amides is 2. The van der Waals surface area contributed by atoms with E-state index in [1.54, 1.807) is 34.6 Å². The van der Waals surface area contributed by atoms with Crippen molar-refractivity contribution in [3.63, 3.8) is 0 Å². The number of aliphatic hydroxyl groups excluding tert-OH is 1. The highest BCUT2D eigenvalue weighted by molar-refractivity contribution is 5.76. The maximum Gasteiger partial charge on any atom is 0.509 e. The van der Waals surface area contributed by atoms with Crippen molar-refractivity contribution < 1.29 is 72.0 Å². The molecule has 4 N–H and O–H groups in total. The highest BCUT2D eigenvalue weighted by Crippen LogP contribution is 2.42. The molecule has 0 aliphatic carbocycles. The lowest BCUT2D eigenvalue weighted by atomic mass is 9.77. The summed E-state index contributed by atoms with van der Waals surface area (Å²) in [4.78, 5) is 57.3. The normalized spacial score (nSPS) is 40.2. The number of hydrogen-bond acceptors (Lipinski definition) is 17. The van der Waals surface area contributed by atoms with Crippen molar-refractivity contribution >= 4 is 24.1 Å². The van der Waals surface area contributed by atoms with Gasteiger partial charge in [0.15, 0.2) is 30.4 Å². The van der Waals surface area contributed by atoms with Crippen molar-refractivity contribution in [2.45, 2.75) is 205 Å². The Bertz CT molecular complexity index is 1880. The van der Waals surface area contributed by atoms with Crippen LogP contribution in [0.2, 0.25) is 0 Å². The molecule has 5 rings (SSSR count). The first-order valence-electron chi connectivity index (χ1n) is 25.1. The SMILES string of the molecule is CC[C@H]1OC(=O)[C@H](C)[C@H](O[C@H]2C[C@@](C)(OC)[C@@H](OC(=O)NCCCC(=O)NCc3ccccc3)[C@H](C)O2)[C@H](C)[C@@H](O[C@@H]2O[C@H](C)C[C@H](N(C)C)[C@H]2O)[C@@](C)(O)C[C@@H](C)CN(C)[C@H](C)[C@H]2OC(=O)O[C@@]21C. The van der Waals surface area contributed by atoms with Gasteiger partial charge < -0.3 is 68.4 Å². The van der Waals surface area contributed by atoms with Crippen molar-refractivity contribution in [3.05, 3.63) is 35.9 Å². The molecule has 4 fully saturated rings. The molecule has 0 saturated carbocycles.